The van der Waals surface area contributed by atoms with Crippen LogP contribution in [0.4, 0.5) is 6.01 Å². The number of nitrogens with zero attached hydrogens (tertiary/aromatic N) is 3. The molecule has 1 heterocycles. The van der Waals surface area contributed by atoms with Gasteiger partial charge in [0, 0.05) is 5.92 Å². The number of nitrogens with one attached hydrogen (secondary N) is 1. The van der Waals surface area contributed by atoms with Crippen molar-refractivity contribution in [3.8, 4) is 0 Å². The van der Waals surface area contributed by atoms with Crippen molar-refractivity contribution in [3.63, 3.8) is 0 Å². The molecule has 1 aromatic rings. The van der Waals surface area contributed by atoms with Crippen LogP contribution in [0, 0.1) is 0 Å². The molecule has 1 aliphatic rings. The summed E-state index contributed by atoms with van der Waals surface area (Å²) in [4.78, 5) is 24.2. The van der Waals surface area contributed by atoms with Gasteiger partial charge < -0.3 is 9.15 Å². The number of carbonyl (C=O) groups excluding carboxylic acids is 2. The molecule has 1 fully saturated rings. The third-order valence-corrected chi connectivity index (χ3v) is 2.65. The Labute approximate surface area is 110 Å². The summed E-state index contributed by atoms with van der Waals surface area (Å²) in [6, 6.07) is 0.0957. The number of aromatic nitrogens is 2. The summed E-state index contributed by atoms with van der Waals surface area (Å²) >= 11 is 0. The van der Waals surface area contributed by atoms with E-state index in [1.54, 1.807) is 7.05 Å². The van der Waals surface area contributed by atoms with Crippen molar-refractivity contribution in [2.45, 2.75) is 18.8 Å². The molecular formula is C11H16N4O4. The summed E-state index contributed by atoms with van der Waals surface area (Å²) in [7, 11) is 2.94. The van der Waals surface area contributed by atoms with Crippen LogP contribution in [0.1, 0.15) is 24.7 Å². The largest absolute Gasteiger partial charge is 0.468 e. The van der Waals surface area contributed by atoms with E-state index in [-0.39, 0.29) is 25.0 Å². The molecule has 1 aromatic heterocycles. The molecule has 0 aromatic carbocycles. The van der Waals surface area contributed by atoms with Gasteiger partial charge in [-0.1, -0.05) is 5.10 Å². The molecule has 0 atom stereocenters. The highest BCUT2D eigenvalue weighted by Crippen LogP contribution is 2.39. The predicted octanol–water partition coefficient (Wildman–Crippen LogP) is -0.00970. The molecule has 0 bridgehead atoms. The van der Waals surface area contributed by atoms with Gasteiger partial charge in [0.25, 0.3) is 0 Å². The van der Waals surface area contributed by atoms with E-state index in [4.69, 9.17) is 4.42 Å². The summed E-state index contributed by atoms with van der Waals surface area (Å²) in [6.07, 6.45) is 2.11. The van der Waals surface area contributed by atoms with Crippen LogP contribution in [0.3, 0.4) is 0 Å². The van der Waals surface area contributed by atoms with E-state index in [1.807, 2.05) is 0 Å². The molecular weight excluding hydrogens is 252 g/mol. The average Bonchev–Trinajstić information content (AvgIpc) is 3.10. The number of hydrogen-bond donors (Lipinski definition) is 1. The summed E-state index contributed by atoms with van der Waals surface area (Å²) in [5.74, 6) is 0.194. The normalized spacial score (nSPS) is 14.5. The van der Waals surface area contributed by atoms with Gasteiger partial charge in [-0.15, -0.1) is 5.10 Å². The first-order chi connectivity index (χ1) is 9.08. The standard InChI is InChI=1S/C11H16N4O4/c1-15(6-9(17)18-2)5-8(16)12-11-14-13-10(19-11)7-3-4-7/h7H,3-6H2,1-2H3,(H,12,14,16). The molecule has 8 nitrogen and oxygen atoms in total. The number of esters is 1. The maximum Gasteiger partial charge on any atom is 0.322 e. The van der Waals surface area contributed by atoms with Crippen LogP contribution in [0.2, 0.25) is 0 Å². The van der Waals surface area contributed by atoms with Gasteiger partial charge in [-0.05, 0) is 19.9 Å². The van der Waals surface area contributed by atoms with Crippen molar-refractivity contribution >= 4 is 17.9 Å². The Bertz CT molecular complexity index is 469. The van der Waals surface area contributed by atoms with Gasteiger partial charge in [0.05, 0.1) is 20.2 Å². The lowest BCUT2D eigenvalue weighted by Crippen LogP contribution is -2.34. The molecule has 19 heavy (non-hydrogen) atoms. The predicted molar refractivity (Wildman–Crippen MR) is 64.4 cm³/mol. The fourth-order valence-corrected chi connectivity index (χ4v) is 1.53. The number of amides is 1. The van der Waals surface area contributed by atoms with Crippen molar-refractivity contribution in [1.82, 2.24) is 15.1 Å². The second-order valence-electron chi connectivity index (χ2n) is 4.52. The molecule has 0 saturated heterocycles. The summed E-state index contributed by atoms with van der Waals surface area (Å²) in [5.41, 5.74) is 0. The summed E-state index contributed by atoms with van der Waals surface area (Å²) < 4.78 is 9.80. The van der Waals surface area contributed by atoms with E-state index in [9.17, 15) is 9.59 Å². The minimum absolute atomic E-state index is 0.0379. The lowest BCUT2D eigenvalue weighted by molar-refractivity contribution is -0.141. The van der Waals surface area contributed by atoms with Gasteiger partial charge in [-0.2, -0.15) is 0 Å². The van der Waals surface area contributed by atoms with Crippen LogP contribution in [-0.4, -0.2) is 54.2 Å². The Balaban J connectivity index is 1.77. The Hall–Kier alpha value is -1.96. The fourth-order valence-electron chi connectivity index (χ4n) is 1.53. The van der Waals surface area contributed by atoms with Gasteiger partial charge in [-0.25, -0.2) is 0 Å². The van der Waals surface area contributed by atoms with Crippen LogP contribution in [0.5, 0.6) is 0 Å². The Morgan fingerprint density at radius 3 is 2.79 bits per heavy atom. The monoisotopic (exact) mass is 268 g/mol. The lowest BCUT2D eigenvalue weighted by Gasteiger charge is -2.13. The van der Waals surface area contributed by atoms with Crippen molar-refractivity contribution < 1.29 is 18.7 Å². The molecule has 1 N–H and O–H groups in total. The number of ether oxygens (including phenoxy) is 1. The van der Waals surface area contributed by atoms with E-state index in [0.29, 0.717) is 11.8 Å². The Morgan fingerprint density at radius 1 is 1.42 bits per heavy atom. The summed E-state index contributed by atoms with van der Waals surface area (Å²) in [6.45, 7) is 0.0807. The smallest absolute Gasteiger partial charge is 0.322 e. The van der Waals surface area contributed by atoms with E-state index in [2.05, 4.69) is 20.3 Å². The van der Waals surface area contributed by atoms with E-state index < -0.39 is 5.97 Å². The molecule has 1 aliphatic carbocycles. The van der Waals surface area contributed by atoms with Crippen LogP contribution < -0.4 is 5.32 Å². The van der Waals surface area contributed by atoms with E-state index >= 15 is 0 Å². The highest BCUT2D eigenvalue weighted by molar-refractivity contribution is 5.90. The van der Waals surface area contributed by atoms with Crippen LogP contribution in [0.25, 0.3) is 0 Å². The second kappa shape index (κ2) is 5.79. The number of hydrogen-bond acceptors (Lipinski definition) is 7. The molecule has 8 heteroatoms. The van der Waals surface area contributed by atoms with E-state index in [0.717, 1.165) is 12.8 Å². The number of anilines is 1. The first-order valence-electron chi connectivity index (χ1n) is 5.97. The minimum atomic E-state index is -0.399. The first-order valence-corrected chi connectivity index (χ1v) is 5.97. The Morgan fingerprint density at radius 2 is 2.16 bits per heavy atom. The van der Waals surface area contributed by atoms with Crippen LogP contribution in [0.15, 0.2) is 4.42 Å². The minimum Gasteiger partial charge on any atom is -0.468 e. The molecule has 1 amide bonds. The quantitative estimate of drug-likeness (QED) is 0.724. The van der Waals surface area contributed by atoms with E-state index in [1.165, 1.54) is 12.0 Å². The highest BCUT2D eigenvalue weighted by atomic mass is 16.5. The fraction of sp³-hybridized carbons (Fsp3) is 0.636. The molecule has 0 unspecified atom stereocenters. The first kappa shape index (κ1) is 13.5. The lowest BCUT2D eigenvalue weighted by atomic mass is 10.4. The number of rotatable bonds is 6. The maximum absolute atomic E-state index is 11.7. The topological polar surface area (TPSA) is 97.6 Å². The summed E-state index contributed by atoms with van der Waals surface area (Å²) in [5, 5.41) is 10.1. The SMILES string of the molecule is COC(=O)CN(C)CC(=O)Nc1nnc(C2CC2)o1. The zero-order chi connectivity index (χ0) is 13.8. The third-order valence-electron chi connectivity index (χ3n) is 2.65. The zero-order valence-electron chi connectivity index (χ0n) is 10.9. The van der Waals surface area contributed by atoms with Crippen molar-refractivity contribution in [2.24, 2.45) is 0 Å². The third kappa shape index (κ3) is 4.02. The molecule has 104 valence electrons. The van der Waals surface area contributed by atoms with Crippen LogP contribution in [-0.2, 0) is 14.3 Å². The molecule has 0 aliphatic heterocycles. The average molecular weight is 268 g/mol. The van der Waals surface area contributed by atoms with Gasteiger partial charge >= 0.3 is 12.0 Å². The molecule has 0 radical (unpaired) electrons. The number of methoxy groups -OCH3 is 1. The molecule has 0 spiro atoms. The second-order valence-corrected chi connectivity index (χ2v) is 4.52. The maximum atomic E-state index is 11.7. The molecule has 1 saturated carbocycles. The van der Waals surface area contributed by atoms with Crippen molar-refractivity contribution in [2.75, 3.05) is 32.6 Å². The van der Waals surface area contributed by atoms with Crippen LogP contribution >= 0.6 is 0 Å². The zero-order valence-corrected chi connectivity index (χ0v) is 10.9. The number of carbonyl (C=O) groups is 2. The van der Waals surface area contributed by atoms with Gasteiger partial charge in [0.1, 0.15) is 0 Å². The van der Waals surface area contributed by atoms with Gasteiger partial charge in [0.15, 0.2) is 0 Å². The van der Waals surface area contributed by atoms with Crippen molar-refractivity contribution in [1.29, 1.82) is 0 Å². The van der Waals surface area contributed by atoms with Gasteiger partial charge in [-0.3, -0.25) is 19.8 Å². The van der Waals surface area contributed by atoms with Gasteiger partial charge in [0.2, 0.25) is 11.8 Å². The Kier molecular flexibility index (Phi) is 4.10. The molecule has 2 rings (SSSR count). The van der Waals surface area contributed by atoms with Crippen molar-refractivity contribution in [3.05, 3.63) is 5.89 Å². The number of likely N-dealkylation sites (N-methyl/N-ethyl adjacent to an activating group) is 1. The highest BCUT2D eigenvalue weighted by Gasteiger charge is 2.29.